The summed E-state index contributed by atoms with van der Waals surface area (Å²) in [6.07, 6.45) is 0. The van der Waals surface area contributed by atoms with Crippen molar-refractivity contribution in [3.8, 4) is 16.9 Å². The smallest absolute Gasteiger partial charge is 0.251 e. The molecule has 2 rings (SSSR count). The zero-order chi connectivity index (χ0) is 18.4. The van der Waals surface area contributed by atoms with E-state index in [-0.39, 0.29) is 24.4 Å². The summed E-state index contributed by atoms with van der Waals surface area (Å²) in [5, 5.41) is 5.92. The van der Waals surface area contributed by atoms with Gasteiger partial charge in [-0.05, 0) is 49.7 Å². The highest BCUT2D eigenvalue weighted by Crippen LogP contribution is 2.32. The van der Waals surface area contributed by atoms with Crippen LogP contribution in [-0.2, 0) is 4.79 Å². The van der Waals surface area contributed by atoms with Crippen LogP contribution in [0.15, 0.2) is 42.5 Å². The third-order valence-electron chi connectivity index (χ3n) is 3.48. The number of benzene rings is 2. The van der Waals surface area contributed by atoms with Crippen molar-refractivity contribution in [3.05, 3.63) is 53.1 Å². The van der Waals surface area contributed by atoms with E-state index in [0.29, 0.717) is 16.3 Å². The zero-order valence-corrected chi connectivity index (χ0v) is 15.2. The van der Waals surface area contributed by atoms with Crippen molar-refractivity contribution in [2.45, 2.75) is 19.9 Å². The molecule has 0 radical (unpaired) electrons. The average molecular weight is 361 g/mol. The number of carbonyl (C=O) groups is 2. The Bertz CT molecular complexity index is 758. The molecule has 0 fully saturated rings. The van der Waals surface area contributed by atoms with Gasteiger partial charge in [0.2, 0.25) is 5.91 Å². The molecule has 0 aliphatic carbocycles. The fraction of sp³-hybridized carbons (Fsp3) is 0.263. The Morgan fingerprint density at radius 1 is 1.12 bits per heavy atom. The van der Waals surface area contributed by atoms with Gasteiger partial charge in [-0.15, -0.1) is 0 Å². The molecule has 2 aromatic carbocycles. The first-order valence-corrected chi connectivity index (χ1v) is 8.30. The molecule has 0 aliphatic rings. The molecule has 0 aromatic heterocycles. The minimum atomic E-state index is -0.302. The fourth-order valence-electron chi connectivity index (χ4n) is 2.34. The topological polar surface area (TPSA) is 67.4 Å². The lowest BCUT2D eigenvalue weighted by Crippen LogP contribution is -2.39. The number of hydrogen-bond acceptors (Lipinski definition) is 3. The van der Waals surface area contributed by atoms with Crippen LogP contribution in [0.4, 0.5) is 0 Å². The third kappa shape index (κ3) is 5.22. The summed E-state index contributed by atoms with van der Waals surface area (Å²) in [4.78, 5) is 23.7. The van der Waals surface area contributed by atoms with Crippen molar-refractivity contribution in [1.82, 2.24) is 10.6 Å². The van der Waals surface area contributed by atoms with Gasteiger partial charge in [-0.1, -0.05) is 23.7 Å². The number of rotatable bonds is 6. The number of ether oxygens (including phenoxy) is 1. The second kappa shape index (κ2) is 8.53. The fourth-order valence-corrected chi connectivity index (χ4v) is 2.51. The second-order valence-corrected chi connectivity index (χ2v) is 6.26. The van der Waals surface area contributed by atoms with Crippen molar-refractivity contribution >= 4 is 23.4 Å². The first-order chi connectivity index (χ1) is 11.9. The van der Waals surface area contributed by atoms with E-state index in [1.54, 1.807) is 31.4 Å². The number of amides is 2. The number of methoxy groups -OCH3 is 1. The van der Waals surface area contributed by atoms with Gasteiger partial charge in [0.05, 0.1) is 13.7 Å². The molecule has 2 aromatic rings. The molecule has 0 saturated heterocycles. The van der Waals surface area contributed by atoms with Crippen LogP contribution in [0.3, 0.4) is 0 Å². The monoisotopic (exact) mass is 360 g/mol. The predicted molar refractivity (Wildman–Crippen MR) is 99.1 cm³/mol. The Kier molecular flexibility index (Phi) is 6.42. The van der Waals surface area contributed by atoms with Crippen LogP contribution in [0.2, 0.25) is 5.02 Å². The first-order valence-electron chi connectivity index (χ1n) is 7.92. The molecule has 6 heteroatoms. The van der Waals surface area contributed by atoms with Crippen LogP contribution < -0.4 is 15.4 Å². The van der Waals surface area contributed by atoms with Gasteiger partial charge in [0.25, 0.3) is 5.91 Å². The molecule has 0 saturated carbocycles. The summed E-state index contributed by atoms with van der Waals surface area (Å²) >= 11 is 6.05. The van der Waals surface area contributed by atoms with Crippen LogP contribution in [0.5, 0.6) is 5.75 Å². The summed E-state index contributed by atoms with van der Waals surface area (Å²) in [6, 6.07) is 12.4. The molecule has 0 aliphatic heterocycles. The number of nitrogens with one attached hydrogen (secondary N) is 2. The van der Waals surface area contributed by atoms with E-state index in [2.05, 4.69) is 10.6 Å². The first kappa shape index (κ1) is 18.8. The Balaban J connectivity index is 2.08. The van der Waals surface area contributed by atoms with Gasteiger partial charge in [-0.2, -0.15) is 0 Å². The van der Waals surface area contributed by atoms with Gasteiger partial charge in [0.1, 0.15) is 5.75 Å². The SMILES string of the molecule is COc1ccc(Cl)cc1-c1ccc(C(=O)NCC(=O)NC(C)C)cc1. The van der Waals surface area contributed by atoms with Crippen molar-refractivity contribution in [1.29, 1.82) is 0 Å². The number of halogens is 1. The quantitative estimate of drug-likeness (QED) is 0.830. The van der Waals surface area contributed by atoms with Crippen LogP contribution in [-0.4, -0.2) is 31.5 Å². The molecule has 2 N–H and O–H groups in total. The number of hydrogen-bond donors (Lipinski definition) is 2. The van der Waals surface area contributed by atoms with Gasteiger partial charge in [0, 0.05) is 22.2 Å². The molecule has 25 heavy (non-hydrogen) atoms. The molecule has 0 bridgehead atoms. The van der Waals surface area contributed by atoms with Crippen LogP contribution in [0.1, 0.15) is 24.2 Å². The summed E-state index contributed by atoms with van der Waals surface area (Å²) in [5.41, 5.74) is 2.20. The van der Waals surface area contributed by atoms with Gasteiger partial charge in [-0.25, -0.2) is 0 Å². The minimum Gasteiger partial charge on any atom is -0.496 e. The van der Waals surface area contributed by atoms with Crippen molar-refractivity contribution in [3.63, 3.8) is 0 Å². The van der Waals surface area contributed by atoms with Gasteiger partial charge >= 0.3 is 0 Å². The molecule has 5 nitrogen and oxygen atoms in total. The molecule has 0 heterocycles. The van der Waals surface area contributed by atoms with E-state index in [4.69, 9.17) is 16.3 Å². The van der Waals surface area contributed by atoms with E-state index in [0.717, 1.165) is 11.1 Å². The highest BCUT2D eigenvalue weighted by molar-refractivity contribution is 6.31. The zero-order valence-electron chi connectivity index (χ0n) is 14.4. The summed E-state index contributed by atoms with van der Waals surface area (Å²) in [7, 11) is 1.59. The third-order valence-corrected chi connectivity index (χ3v) is 3.71. The second-order valence-electron chi connectivity index (χ2n) is 5.83. The lowest BCUT2D eigenvalue weighted by molar-refractivity contribution is -0.120. The summed E-state index contributed by atoms with van der Waals surface area (Å²) < 4.78 is 5.35. The highest BCUT2D eigenvalue weighted by atomic mass is 35.5. The van der Waals surface area contributed by atoms with Gasteiger partial charge in [0.15, 0.2) is 0 Å². The van der Waals surface area contributed by atoms with Crippen LogP contribution in [0, 0.1) is 0 Å². The van der Waals surface area contributed by atoms with E-state index in [1.165, 1.54) is 0 Å². The average Bonchev–Trinajstić information content (AvgIpc) is 2.59. The van der Waals surface area contributed by atoms with Gasteiger partial charge < -0.3 is 15.4 Å². The lowest BCUT2D eigenvalue weighted by Gasteiger charge is -2.11. The maximum atomic E-state index is 12.1. The van der Waals surface area contributed by atoms with Crippen LogP contribution in [0.25, 0.3) is 11.1 Å². The summed E-state index contributed by atoms with van der Waals surface area (Å²) in [5.74, 6) is 0.180. The van der Waals surface area contributed by atoms with E-state index < -0.39 is 0 Å². The highest BCUT2D eigenvalue weighted by Gasteiger charge is 2.11. The van der Waals surface area contributed by atoms with E-state index >= 15 is 0 Å². The lowest BCUT2D eigenvalue weighted by atomic mass is 10.0. The maximum absolute atomic E-state index is 12.1. The van der Waals surface area contributed by atoms with E-state index in [1.807, 2.05) is 32.0 Å². The number of carbonyl (C=O) groups excluding carboxylic acids is 2. The van der Waals surface area contributed by atoms with Crippen molar-refractivity contribution in [2.24, 2.45) is 0 Å². The Morgan fingerprint density at radius 3 is 2.40 bits per heavy atom. The Morgan fingerprint density at radius 2 is 1.80 bits per heavy atom. The van der Waals surface area contributed by atoms with Gasteiger partial charge in [-0.3, -0.25) is 9.59 Å². The Labute approximate surface area is 152 Å². The molecule has 0 unspecified atom stereocenters. The molecular weight excluding hydrogens is 340 g/mol. The van der Waals surface area contributed by atoms with E-state index in [9.17, 15) is 9.59 Å². The summed E-state index contributed by atoms with van der Waals surface area (Å²) in [6.45, 7) is 3.67. The molecule has 2 amide bonds. The van der Waals surface area contributed by atoms with Crippen LogP contribution >= 0.6 is 11.6 Å². The molecule has 0 spiro atoms. The maximum Gasteiger partial charge on any atom is 0.251 e. The predicted octanol–water partition coefficient (Wildman–Crippen LogP) is 3.27. The molecular formula is C19H21ClN2O3. The largest absolute Gasteiger partial charge is 0.496 e. The Hall–Kier alpha value is -2.53. The van der Waals surface area contributed by atoms with Crippen molar-refractivity contribution in [2.75, 3.05) is 13.7 Å². The standard InChI is InChI=1S/C19H21ClN2O3/c1-12(2)22-18(23)11-21-19(24)14-6-4-13(5-7-14)16-10-15(20)8-9-17(16)25-3/h4-10,12H,11H2,1-3H3,(H,21,24)(H,22,23). The normalized spacial score (nSPS) is 10.4. The molecule has 132 valence electrons. The minimum absolute atomic E-state index is 0.0383. The molecule has 0 atom stereocenters. The van der Waals surface area contributed by atoms with Crippen molar-refractivity contribution < 1.29 is 14.3 Å².